The zero-order valence-electron chi connectivity index (χ0n) is 11.6. The molecule has 0 aromatic carbocycles. The van der Waals surface area contributed by atoms with Gasteiger partial charge in [-0.3, -0.25) is 14.3 Å². The Morgan fingerprint density at radius 3 is 2.60 bits per heavy atom. The number of hydrogen-bond acceptors (Lipinski definition) is 6. The van der Waals surface area contributed by atoms with Gasteiger partial charge in [0.15, 0.2) is 11.0 Å². The molecule has 20 heavy (non-hydrogen) atoms. The monoisotopic (exact) mass is 302 g/mol. The Bertz CT molecular complexity index is 557. The molecule has 2 unspecified atom stereocenters. The van der Waals surface area contributed by atoms with Gasteiger partial charge < -0.3 is 18.9 Å². The van der Waals surface area contributed by atoms with E-state index < -0.39 is 6.23 Å². The maximum Gasteiger partial charge on any atom is 0.251 e. The van der Waals surface area contributed by atoms with Crippen LogP contribution < -0.4 is 5.56 Å². The predicted molar refractivity (Wildman–Crippen MR) is 73.3 cm³/mol. The maximum atomic E-state index is 11.2. The second-order valence-corrected chi connectivity index (χ2v) is 4.83. The molecule has 2 heterocycles. The van der Waals surface area contributed by atoms with Gasteiger partial charge in [-0.05, 0) is 12.2 Å². The van der Waals surface area contributed by atoms with Gasteiger partial charge in [0.25, 0.3) is 5.56 Å². The van der Waals surface area contributed by atoms with Crippen LogP contribution in [0.15, 0.2) is 17.1 Å². The molecule has 4 atom stereocenters. The molecule has 0 spiro atoms. The minimum atomic E-state index is -0.477. The Balaban J connectivity index is 2.35. The molecular weight excluding hydrogens is 284 g/mol. The lowest BCUT2D eigenvalue weighted by atomic mass is 10.1. The Labute approximate surface area is 121 Å². The van der Waals surface area contributed by atoms with Crippen molar-refractivity contribution in [2.75, 3.05) is 27.9 Å². The lowest BCUT2D eigenvalue weighted by Crippen LogP contribution is -2.37. The Kier molecular flexibility index (Phi) is 5.06. The van der Waals surface area contributed by atoms with Crippen molar-refractivity contribution in [1.29, 1.82) is 0 Å². The lowest BCUT2D eigenvalue weighted by Gasteiger charge is -2.22. The highest BCUT2D eigenvalue weighted by Crippen LogP contribution is 2.33. The van der Waals surface area contributed by atoms with Gasteiger partial charge in [-0.15, -0.1) is 0 Å². The van der Waals surface area contributed by atoms with E-state index in [4.69, 9.17) is 31.2 Å². The van der Waals surface area contributed by atoms with Crippen LogP contribution in [-0.2, 0) is 18.9 Å². The van der Waals surface area contributed by atoms with Crippen molar-refractivity contribution in [3.05, 3.63) is 27.4 Å². The quantitative estimate of drug-likeness (QED) is 0.798. The Morgan fingerprint density at radius 2 is 2.05 bits per heavy atom. The summed E-state index contributed by atoms with van der Waals surface area (Å²) >= 11 is 5.15. The smallest absolute Gasteiger partial charge is 0.251 e. The topological polar surface area (TPSA) is 74.7 Å². The third-order valence-electron chi connectivity index (χ3n) is 3.29. The van der Waals surface area contributed by atoms with E-state index in [1.54, 1.807) is 32.1 Å². The van der Waals surface area contributed by atoms with Gasteiger partial charge in [0.05, 0.1) is 6.61 Å². The average molecular weight is 302 g/mol. The van der Waals surface area contributed by atoms with Crippen molar-refractivity contribution in [1.82, 2.24) is 9.55 Å². The Hall–Kier alpha value is -1.06. The summed E-state index contributed by atoms with van der Waals surface area (Å²) in [6.07, 6.45) is 0.208. The zero-order chi connectivity index (χ0) is 14.7. The van der Waals surface area contributed by atoms with Crippen molar-refractivity contribution in [2.45, 2.75) is 24.5 Å². The van der Waals surface area contributed by atoms with E-state index in [2.05, 4.69) is 4.98 Å². The van der Waals surface area contributed by atoms with E-state index in [-0.39, 0.29) is 28.6 Å². The van der Waals surface area contributed by atoms with Gasteiger partial charge in [0.2, 0.25) is 0 Å². The summed E-state index contributed by atoms with van der Waals surface area (Å²) in [4.78, 5) is 13.8. The fourth-order valence-electron chi connectivity index (χ4n) is 2.39. The summed E-state index contributed by atoms with van der Waals surface area (Å²) in [6, 6.07) is 1.39. The molecule has 1 aliphatic rings. The van der Waals surface area contributed by atoms with Gasteiger partial charge in [-0.25, -0.2) is 0 Å². The first-order valence-corrected chi connectivity index (χ1v) is 6.54. The standard InChI is InChI=1S/C12H18N2O5S/c1-16-6-7-9(17-2)10(18-3)11(19-7)14-5-4-8(15)13-12(14)20/h4-5,7,9-11H,6H2,1-3H3,(H,13,15,20)/t7-,9?,10?,11-/m1/s1. The number of ether oxygens (including phenoxy) is 4. The van der Waals surface area contributed by atoms with E-state index in [1.165, 1.54) is 6.07 Å². The van der Waals surface area contributed by atoms with E-state index in [0.29, 0.717) is 6.61 Å². The number of rotatable bonds is 5. The van der Waals surface area contributed by atoms with E-state index in [0.717, 1.165) is 0 Å². The maximum absolute atomic E-state index is 11.2. The number of aromatic nitrogens is 2. The third-order valence-corrected chi connectivity index (χ3v) is 3.60. The highest BCUT2D eigenvalue weighted by Gasteiger charge is 2.46. The van der Waals surface area contributed by atoms with Crippen molar-refractivity contribution in [3.8, 4) is 0 Å². The minimum Gasteiger partial charge on any atom is -0.382 e. The van der Waals surface area contributed by atoms with Gasteiger partial charge in [0.1, 0.15) is 18.3 Å². The minimum absolute atomic E-state index is 0.255. The second-order valence-electron chi connectivity index (χ2n) is 4.44. The van der Waals surface area contributed by atoms with Crippen LogP contribution in [0.25, 0.3) is 0 Å². The normalized spacial score (nSPS) is 29.8. The van der Waals surface area contributed by atoms with Crippen LogP contribution in [0.5, 0.6) is 0 Å². The molecule has 0 bridgehead atoms. The third kappa shape index (κ3) is 2.84. The SMILES string of the molecule is COC[C@H]1O[C@@H](n2ccc(=O)[nH]c2=S)C(OC)C1OC. The number of nitrogens with zero attached hydrogens (tertiary/aromatic N) is 1. The first-order chi connectivity index (χ1) is 9.62. The number of methoxy groups -OCH3 is 3. The molecule has 1 aliphatic heterocycles. The molecule has 2 rings (SSSR count). The highest BCUT2D eigenvalue weighted by atomic mass is 32.1. The first-order valence-electron chi connectivity index (χ1n) is 6.13. The van der Waals surface area contributed by atoms with E-state index in [9.17, 15) is 4.79 Å². The van der Waals surface area contributed by atoms with Gasteiger partial charge in [0, 0.05) is 33.6 Å². The molecule has 1 N–H and O–H groups in total. The van der Waals surface area contributed by atoms with Gasteiger partial charge in [-0.1, -0.05) is 0 Å². The highest BCUT2D eigenvalue weighted by molar-refractivity contribution is 7.71. The van der Waals surface area contributed by atoms with Crippen LogP contribution in [0.4, 0.5) is 0 Å². The van der Waals surface area contributed by atoms with Crippen LogP contribution in [0, 0.1) is 4.77 Å². The van der Waals surface area contributed by atoms with Crippen molar-refractivity contribution >= 4 is 12.2 Å². The summed E-state index contributed by atoms with van der Waals surface area (Å²) in [7, 11) is 4.77. The fourth-order valence-corrected chi connectivity index (χ4v) is 2.66. The lowest BCUT2D eigenvalue weighted by molar-refractivity contribution is -0.0664. The number of aromatic amines is 1. The molecule has 1 aromatic heterocycles. The van der Waals surface area contributed by atoms with Crippen LogP contribution in [0.1, 0.15) is 6.23 Å². The zero-order valence-corrected chi connectivity index (χ0v) is 12.4. The summed E-state index contributed by atoms with van der Waals surface area (Å²) in [6.45, 7) is 0.380. The molecule has 1 saturated heterocycles. The van der Waals surface area contributed by atoms with Crippen molar-refractivity contribution < 1.29 is 18.9 Å². The number of H-pyrrole nitrogens is 1. The largest absolute Gasteiger partial charge is 0.382 e. The van der Waals surface area contributed by atoms with Gasteiger partial charge in [-0.2, -0.15) is 0 Å². The molecule has 1 aromatic rings. The van der Waals surface area contributed by atoms with Crippen molar-refractivity contribution in [3.63, 3.8) is 0 Å². The van der Waals surface area contributed by atoms with E-state index in [1.807, 2.05) is 0 Å². The molecular formula is C12H18N2O5S. The summed E-state index contributed by atoms with van der Waals surface area (Å²) in [5.41, 5.74) is -0.255. The van der Waals surface area contributed by atoms with E-state index >= 15 is 0 Å². The van der Waals surface area contributed by atoms with Gasteiger partial charge >= 0.3 is 0 Å². The van der Waals surface area contributed by atoms with Crippen molar-refractivity contribution in [2.24, 2.45) is 0 Å². The average Bonchev–Trinajstić information content (AvgIpc) is 2.76. The molecule has 0 amide bonds. The molecule has 7 nitrogen and oxygen atoms in total. The molecule has 0 radical (unpaired) electrons. The first kappa shape index (κ1) is 15.3. The molecule has 0 aliphatic carbocycles. The summed E-state index contributed by atoms with van der Waals surface area (Å²) in [5, 5.41) is 0. The summed E-state index contributed by atoms with van der Waals surface area (Å²) < 4.78 is 23.9. The fraction of sp³-hybridized carbons (Fsp3) is 0.667. The number of nitrogens with one attached hydrogen (secondary N) is 1. The second kappa shape index (κ2) is 6.59. The van der Waals surface area contributed by atoms with Crippen LogP contribution in [0.2, 0.25) is 0 Å². The summed E-state index contributed by atoms with van der Waals surface area (Å²) in [5.74, 6) is 0. The Morgan fingerprint density at radius 1 is 1.35 bits per heavy atom. The van der Waals surface area contributed by atoms with Crippen LogP contribution in [-0.4, -0.2) is 55.8 Å². The molecule has 1 fully saturated rings. The molecule has 112 valence electrons. The molecule has 8 heteroatoms. The number of hydrogen-bond donors (Lipinski definition) is 1. The van der Waals surface area contributed by atoms with Crippen LogP contribution in [0.3, 0.4) is 0 Å². The molecule has 0 saturated carbocycles. The van der Waals surface area contributed by atoms with Crippen LogP contribution >= 0.6 is 12.2 Å². The predicted octanol–water partition coefficient (Wildman–Crippen LogP) is 0.480.